The molecule has 1 heterocycles. The fourth-order valence-electron chi connectivity index (χ4n) is 4.51. The summed E-state index contributed by atoms with van der Waals surface area (Å²) in [4.78, 5) is 7.16. The molecule has 0 spiro atoms. The first-order valence-corrected chi connectivity index (χ1v) is 12.1. The minimum absolute atomic E-state index is 0.904. The number of aromatic nitrogens is 2. The monoisotopic (exact) mass is 463 g/mol. The summed E-state index contributed by atoms with van der Waals surface area (Å²) >= 11 is 0. The van der Waals surface area contributed by atoms with Crippen LogP contribution in [0, 0.1) is 0 Å². The van der Waals surface area contributed by atoms with Gasteiger partial charge in [-0.05, 0) is 72.3 Å². The highest BCUT2D eigenvalue weighted by atomic mass is 15.1. The molecule has 3 nitrogen and oxygen atoms in total. The maximum Gasteiger partial charge on any atom is 0.138 e. The fraction of sp³-hybridized carbons (Fsp3) is 0. The van der Waals surface area contributed by atoms with Crippen molar-refractivity contribution < 1.29 is 0 Å². The minimum Gasteiger partial charge on any atom is -0.311 e. The molecule has 1 aromatic heterocycles. The number of anilines is 3. The Labute approximate surface area is 211 Å². The van der Waals surface area contributed by atoms with Gasteiger partial charge in [-0.2, -0.15) is 0 Å². The predicted octanol–water partition coefficient (Wildman–Crippen LogP) is 8.67. The Hall–Kier alpha value is -4.89. The Morgan fingerprint density at radius 2 is 1.03 bits per heavy atom. The molecule has 0 aliphatic rings. The Kier molecular flexibility index (Phi) is 5.87. The lowest BCUT2D eigenvalue weighted by Gasteiger charge is -2.25. The molecule has 0 aliphatic heterocycles. The second kappa shape index (κ2) is 9.77. The molecule has 3 heteroatoms. The zero-order valence-corrected chi connectivity index (χ0v) is 19.8. The van der Waals surface area contributed by atoms with Crippen LogP contribution >= 0.6 is 0 Å². The molecule has 5 aromatic carbocycles. The van der Waals surface area contributed by atoms with Crippen LogP contribution in [0.4, 0.5) is 17.1 Å². The third kappa shape index (κ3) is 4.30. The molecule has 0 amide bonds. The van der Waals surface area contributed by atoms with E-state index in [9.17, 15) is 0 Å². The summed E-state index contributed by atoms with van der Waals surface area (Å²) in [5.41, 5.74) is 7.67. The molecule has 6 rings (SSSR count). The van der Waals surface area contributed by atoms with Gasteiger partial charge in [0.1, 0.15) is 5.82 Å². The lowest BCUT2D eigenvalue weighted by atomic mass is 10.1. The van der Waals surface area contributed by atoms with Gasteiger partial charge in [-0.25, -0.2) is 4.98 Å². The van der Waals surface area contributed by atoms with E-state index in [-0.39, 0.29) is 0 Å². The van der Waals surface area contributed by atoms with Gasteiger partial charge in [0.15, 0.2) is 0 Å². The van der Waals surface area contributed by atoms with Crippen molar-refractivity contribution in [2.75, 3.05) is 4.90 Å². The average Bonchev–Trinajstić information content (AvgIpc) is 3.33. The fourth-order valence-corrected chi connectivity index (χ4v) is 4.51. The van der Waals surface area contributed by atoms with E-state index in [0.717, 1.165) is 45.2 Å². The van der Waals surface area contributed by atoms with Crippen molar-refractivity contribution in [3.8, 4) is 5.69 Å². The van der Waals surface area contributed by atoms with Gasteiger partial charge in [0.2, 0.25) is 0 Å². The number of nitrogens with zero attached hydrogens (tertiary/aromatic N) is 3. The van der Waals surface area contributed by atoms with Crippen LogP contribution in [0.25, 0.3) is 28.9 Å². The van der Waals surface area contributed by atoms with E-state index in [0.29, 0.717) is 0 Å². The Bertz CT molecular complexity index is 1560. The molecule has 0 fully saturated rings. The topological polar surface area (TPSA) is 21.1 Å². The first-order valence-electron chi connectivity index (χ1n) is 12.1. The molecule has 0 atom stereocenters. The van der Waals surface area contributed by atoms with E-state index < -0.39 is 0 Å². The smallest absolute Gasteiger partial charge is 0.138 e. The first kappa shape index (κ1) is 21.6. The van der Waals surface area contributed by atoms with Crippen molar-refractivity contribution in [1.82, 2.24) is 9.55 Å². The standard InChI is InChI=1S/C33H25N3/c1-4-12-27(13-5-1)35(28-14-6-2-7-15-28)30-23-20-26(21-24-30)22-25-33-34-31-18-10-11-19-32(31)36(33)29-16-8-3-9-17-29/h1-25H/b25-22+. The SMILES string of the molecule is C(=C\c1nc2ccccc2n1-c1ccccc1)/c1ccc(N(c2ccccc2)c2ccccc2)cc1. The molecule has 0 saturated heterocycles. The molecule has 6 aromatic rings. The summed E-state index contributed by atoms with van der Waals surface area (Å²) in [5.74, 6) is 0.904. The molecule has 0 saturated carbocycles. The van der Waals surface area contributed by atoms with Crippen LogP contribution in [0.5, 0.6) is 0 Å². The lowest BCUT2D eigenvalue weighted by molar-refractivity contribution is 1.07. The summed E-state index contributed by atoms with van der Waals surface area (Å²) in [6.45, 7) is 0. The van der Waals surface area contributed by atoms with Crippen LogP contribution in [0.15, 0.2) is 140 Å². The molecule has 0 unspecified atom stereocenters. The summed E-state index contributed by atoms with van der Waals surface area (Å²) in [5, 5.41) is 0. The van der Waals surface area contributed by atoms with Gasteiger partial charge in [-0.15, -0.1) is 0 Å². The summed E-state index contributed by atoms with van der Waals surface area (Å²) < 4.78 is 2.20. The predicted molar refractivity (Wildman–Crippen MR) is 151 cm³/mol. The highest BCUT2D eigenvalue weighted by molar-refractivity contribution is 5.83. The van der Waals surface area contributed by atoms with E-state index in [1.807, 2.05) is 24.3 Å². The van der Waals surface area contributed by atoms with E-state index >= 15 is 0 Å². The molecule has 0 bridgehead atoms. The molecule has 36 heavy (non-hydrogen) atoms. The number of imidazole rings is 1. The van der Waals surface area contributed by atoms with Crippen LogP contribution in [0.3, 0.4) is 0 Å². The Morgan fingerprint density at radius 1 is 0.500 bits per heavy atom. The van der Waals surface area contributed by atoms with Gasteiger partial charge in [-0.1, -0.05) is 84.9 Å². The molecular formula is C33H25N3. The van der Waals surface area contributed by atoms with Crippen molar-refractivity contribution >= 4 is 40.2 Å². The van der Waals surface area contributed by atoms with Crippen molar-refractivity contribution in [3.05, 3.63) is 151 Å². The van der Waals surface area contributed by atoms with Gasteiger partial charge in [-0.3, -0.25) is 4.57 Å². The molecule has 0 N–H and O–H groups in total. The molecular weight excluding hydrogens is 438 g/mol. The zero-order chi connectivity index (χ0) is 24.2. The summed E-state index contributed by atoms with van der Waals surface area (Å²) in [6.07, 6.45) is 4.22. The number of hydrogen-bond donors (Lipinski definition) is 0. The number of benzene rings is 5. The van der Waals surface area contributed by atoms with Gasteiger partial charge in [0.25, 0.3) is 0 Å². The largest absolute Gasteiger partial charge is 0.311 e. The van der Waals surface area contributed by atoms with E-state index in [1.165, 1.54) is 0 Å². The first-order chi connectivity index (χ1) is 17.9. The van der Waals surface area contributed by atoms with E-state index in [2.05, 4.69) is 137 Å². The molecule has 172 valence electrons. The Balaban J connectivity index is 1.35. The maximum absolute atomic E-state index is 4.90. The number of rotatable bonds is 6. The highest BCUT2D eigenvalue weighted by Gasteiger charge is 2.12. The summed E-state index contributed by atoms with van der Waals surface area (Å²) in [6, 6.07) is 48.2. The quantitative estimate of drug-likeness (QED) is 0.246. The minimum atomic E-state index is 0.904. The van der Waals surface area contributed by atoms with Crippen LogP contribution < -0.4 is 4.90 Å². The van der Waals surface area contributed by atoms with Crippen molar-refractivity contribution in [1.29, 1.82) is 0 Å². The number of fused-ring (bicyclic) bond motifs is 1. The second-order valence-electron chi connectivity index (χ2n) is 8.56. The third-order valence-corrected chi connectivity index (χ3v) is 6.21. The van der Waals surface area contributed by atoms with Crippen LogP contribution in [-0.4, -0.2) is 9.55 Å². The van der Waals surface area contributed by atoms with E-state index in [1.54, 1.807) is 0 Å². The van der Waals surface area contributed by atoms with Gasteiger partial charge in [0.05, 0.1) is 11.0 Å². The van der Waals surface area contributed by atoms with E-state index in [4.69, 9.17) is 4.98 Å². The molecule has 0 radical (unpaired) electrons. The average molecular weight is 464 g/mol. The number of para-hydroxylation sites is 5. The normalized spacial score (nSPS) is 11.2. The van der Waals surface area contributed by atoms with Crippen LogP contribution in [-0.2, 0) is 0 Å². The maximum atomic E-state index is 4.90. The van der Waals surface area contributed by atoms with Gasteiger partial charge < -0.3 is 4.90 Å². The number of hydrogen-bond acceptors (Lipinski definition) is 2. The second-order valence-corrected chi connectivity index (χ2v) is 8.56. The van der Waals surface area contributed by atoms with Crippen molar-refractivity contribution in [2.24, 2.45) is 0 Å². The van der Waals surface area contributed by atoms with Crippen LogP contribution in [0.2, 0.25) is 0 Å². The Morgan fingerprint density at radius 3 is 1.67 bits per heavy atom. The van der Waals surface area contributed by atoms with Gasteiger partial charge >= 0.3 is 0 Å². The summed E-state index contributed by atoms with van der Waals surface area (Å²) in [7, 11) is 0. The van der Waals surface area contributed by atoms with Crippen LogP contribution in [0.1, 0.15) is 11.4 Å². The van der Waals surface area contributed by atoms with Crippen molar-refractivity contribution in [3.63, 3.8) is 0 Å². The zero-order valence-electron chi connectivity index (χ0n) is 19.8. The van der Waals surface area contributed by atoms with Crippen molar-refractivity contribution in [2.45, 2.75) is 0 Å². The van der Waals surface area contributed by atoms with Gasteiger partial charge in [0, 0.05) is 22.7 Å². The lowest BCUT2D eigenvalue weighted by Crippen LogP contribution is -2.09. The molecule has 0 aliphatic carbocycles. The highest BCUT2D eigenvalue weighted by Crippen LogP contribution is 2.34. The third-order valence-electron chi connectivity index (χ3n) is 6.21.